The van der Waals surface area contributed by atoms with Crippen molar-refractivity contribution >= 4 is 27.5 Å². The first-order chi connectivity index (χ1) is 20.0. The van der Waals surface area contributed by atoms with E-state index in [9.17, 15) is 18.0 Å². The van der Waals surface area contributed by atoms with Crippen LogP contribution in [0.25, 0.3) is 0 Å². The second kappa shape index (κ2) is 15.5. The average Bonchev–Trinajstić information content (AvgIpc) is 2.97. The predicted molar refractivity (Wildman–Crippen MR) is 171 cm³/mol. The van der Waals surface area contributed by atoms with Gasteiger partial charge >= 0.3 is 0 Å². The van der Waals surface area contributed by atoms with Crippen molar-refractivity contribution < 1.29 is 18.0 Å². The Labute approximate surface area is 252 Å². The highest BCUT2D eigenvalue weighted by atomic mass is 32.2. The fourth-order valence-corrected chi connectivity index (χ4v) is 5.83. The van der Waals surface area contributed by atoms with Crippen LogP contribution in [0.3, 0.4) is 0 Å². The monoisotopic (exact) mass is 591 g/mol. The minimum Gasteiger partial charge on any atom is -0.352 e. The van der Waals surface area contributed by atoms with Crippen LogP contribution in [0, 0.1) is 6.92 Å². The standard InChI is InChI=1S/C34H45N3O4S/c1-6-27(4)35-34(39)32(24-29-15-9-8-10-16-29)36(25-30-17-12-11-14-26(30)3)33(38)18-13-23-37(42(5,40)41)31-21-19-28(7-2)20-22-31/h8-12,14-17,19-22,27,32H,6-7,13,18,23-25H2,1-5H3,(H,35,39)/t27-,32-/m0/s1. The molecule has 0 heterocycles. The molecule has 0 aliphatic rings. The zero-order chi connectivity index (χ0) is 30.7. The molecule has 0 saturated carbocycles. The Morgan fingerprint density at radius 3 is 2.12 bits per heavy atom. The summed E-state index contributed by atoms with van der Waals surface area (Å²) in [5.41, 5.74) is 4.66. The number of nitrogens with zero attached hydrogens (tertiary/aromatic N) is 2. The van der Waals surface area contributed by atoms with E-state index in [4.69, 9.17) is 0 Å². The molecule has 3 aromatic rings. The Kier molecular flexibility index (Phi) is 12.2. The van der Waals surface area contributed by atoms with Gasteiger partial charge in [0.05, 0.1) is 11.9 Å². The van der Waals surface area contributed by atoms with Crippen LogP contribution in [0.1, 0.15) is 62.3 Å². The summed E-state index contributed by atoms with van der Waals surface area (Å²) in [7, 11) is -3.55. The van der Waals surface area contributed by atoms with Crippen LogP contribution in [0.2, 0.25) is 0 Å². The molecule has 0 aliphatic carbocycles. The summed E-state index contributed by atoms with van der Waals surface area (Å²) < 4.78 is 26.7. The molecule has 8 heteroatoms. The van der Waals surface area contributed by atoms with Crippen molar-refractivity contribution in [1.82, 2.24) is 10.2 Å². The third-order valence-electron chi connectivity index (χ3n) is 7.66. The maximum atomic E-state index is 14.0. The van der Waals surface area contributed by atoms with Crippen molar-refractivity contribution in [3.8, 4) is 0 Å². The van der Waals surface area contributed by atoms with Gasteiger partial charge < -0.3 is 10.2 Å². The zero-order valence-corrected chi connectivity index (χ0v) is 26.4. The second-order valence-corrected chi connectivity index (χ2v) is 12.8. The van der Waals surface area contributed by atoms with E-state index in [1.165, 1.54) is 10.6 Å². The van der Waals surface area contributed by atoms with E-state index in [-0.39, 0.29) is 37.4 Å². The molecule has 2 amide bonds. The van der Waals surface area contributed by atoms with Crippen molar-refractivity contribution in [3.05, 3.63) is 101 Å². The number of amides is 2. The normalized spacial score (nSPS) is 12.8. The van der Waals surface area contributed by atoms with Crippen LogP contribution < -0.4 is 9.62 Å². The Morgan fingerprint density at radius 2 is 1.52 bits per heavy atom. The fraction of sp³-hybridized carbons (Fsp3) is 0.412. The summed E-state index contributed by atoms with van der Waals surface area (Å²) in [6.45, 7) is 8.46. The number of sulfonamides is 1. The summed E-state index contributed by atoms with van der Waals surface area (Å²) in [5.74, 6) is -0.378. The van der Waals surface area contributed by atoms with Crippen molar-refractivity contribution in [2.24, 2.45) is 0 Å². The van der Waals surface area contributed by atoms with Gasteiger partial charge in [-0.2, -0.15) is 0 Å². The highest BCUT2D eigenvalue weighted by Gasteiger charge is 2.31. The van der Waals surface area contributed by atoms with E-state index in [0.717, 1.165) is 35.1 Å². The Bertz CT molecular complexity index is 1410. The molecule has 0 bridgehead atoms. The molecule has 0 fully saturated rings. The maximum absolute atomic E-state index is 14.0. The topological polar surface area (TPSA) is 86.8 Å². The second-order valence-electron chi connectivity index (χ2n) is 10.9. The van der Waals surface area contributed by atoms with Gasteiger partial charge in [0.25, 0.3) is 0 Å². The lowest BCUT2D eigenvalue weighted by Crippen LogP contribution is -2.52. The Morgan fingerprint density at radius 1 is 0.881 bits per heavy atom. The summed E-state index contributed by atoms with van der Waals surface area (Å²) >= 11 is 0. The molecule has 0 unspecified atom stereocenters. The molecule has 226 valence electrons. The van der Waals surface area contributed by atoms with Crippen molar-refractivity contribution in [3.63, 3.8) is 0 Å². The third kappa shape index (κ3) is 9.44. The molecule has 3 aromatic carbocycles. The van der Waals surface area contributed by atoms with E-state index in [2.05, 4.69) is 5.32 Å². The number of aryl methyl sites for hydroxylation is 2. The lowest BCUT2D eigenvalue weighted by atomic mass is 10.0. The van der Waals surface area contributed by atoms with Gasteiger partial charge in [-0.05, 0) is 67.5 Å². The first-order valence-electron chi connectivity index (χ1n) is 14.8. The molecule has 0 saturated heterocycles. The Balaban J connectivity index is 1.89. The largest absolute Gasteiger partial charge is 0.352 e. The summed E-state index contributed by atoms with van der Waals surface area (Å²) in [4.78, 5) is 29.4. The molecule has 0 radical (unpaired) electrons. The van der Waals surface area contributed by atoms with Gasteiger partial charge in [-0.25, -0.2) is 8.42 Å². The van der Waals surface area contributed by atoms with Gasteiger partial charge in [-0.3, -0.25) is 13.9 Å². The van der Waals surface area contributed by atoms with Crippen LogP contribution in [-0.2, 0) is 39.0 Å². The minimum atomic E-state index is -3.55. The van der Waals surface area contributed by atoms with Gasteiger partial charge in [0.1, 0.15) is 6.04 Å². The number of hydrogen-bond donors (Lipinski definition) is 1. The number of carbonyl (C=O) groups excluding carboxylic acids is 2. The number of anilines is 1. The minimum absolute atomic E-state index is 0.0337. The number of rotatable bonds is 15. The highest BCUT2D eigenvalue weighted by Crippen LogP contribution is 2.22. The van der Waals surface area contributed by atoms with Crippen LogP contribution in [0.5, 0.6) is 0 Å². The average molecular weight is 592 g/mol. The fourth-order valence-electron chi connectivity index (χ4n) is 4.87. The molecule has 2 atom stereocenters. The van der Waals surface area contributed by atoms with E-state index in [1.807, 2.05) is 94.4 Å². The number of carbonyl (C=O) groups is 2. The smallest absolute Gasteiger partial charge is 0.243 e. The van der Waals surface area contributed by atoms with Gasteiger partial charge in [0, 0.05) is 32.0 Å². The van der Waals surface area contributed by atoms with Crippen molar-refractivity contribution in [2.75, 3.05) is 17.1 Å². The lowest BCUT2D eigenvalue weighted by molar-refractivity contribution is -0.141. The van der Waals surface area contributed by atoms with Crippen LogP contribution in [0.15, 0.2) is 78.9 Å². The van der Waals surface area contributed by atoms with E-state index >= 15 is 0 Å². The summed E-state index contributed by atoms with van der Waals surface area (Å²) in [5, 5.41) is 3.09. The van der Waals surface area contributed by atoms with Gasteiger partial charge in [-0.15, -0.1) is 0 Å². The molecule has 42 heavy (non-hydrogen) atoms. The first-order valence-corrected chi connectivity index (χ1v) is 16.6. The molecule has 1 N–H and O–H groups in total. The van der Waals surface area contributed by atoms with E-state index in [1.54, 1.807) is 17.0 Å². The molecule has 0 spiro atoms. The van der Waals surface area contributed by atoms with Crippen molar-refractivity contribution in [2.45, 2.75) is 78.4 Å². The molecule has 7 nitrogen and oxygen atoms in total. The van der Waals surface area contributed by atoms with Gasteiger partial charge in [-0.1, -0.05) is 80.6 Å². The predicted octanol–water partition coefficient (Wildman–Crippen LogP) is 5.66. The Hall–Kier alpha value is -3.65. The first kappa shape index (κ1) is 32.9. The molecular formula is C34H45N3O4S. The lowest BCUT2D eigenvalue weighted by Gasteiger charge is -2.33. The molecular weight excluding hydrogens is 546 g/mol. The summed E-state index contributed by atoms with van der Waals surface area (Å²) in [6.07, 6.45) is 3.61. The van der Waals surface area contributed by atoms with Crippen molar-refractivity contribution in [1.29, 1.82) is 0 Å². The van der Waals surface area contributed by atoms with Crippen LogP contribution in [0.4, 0.5) is 5.69 Å². The summed E-state index contributed by atoms with van der Waals surface area (Å²) in [6, 6.07) is 24.3. The van der Waals surface area contributed by atoms with Crippen LogP contribution >= 0.6 is 0 Å². The molecule has 0 aliphatic heterocycles. The number of nitrogens with one attached hydrogen (secondary N) is 1. The van der Waals surface area contributed by atoms with E-state index < -0.39 is 16.1 Å². The van der Waals surface area contributed by atoms with Gasteiger partial charge in [0.2, 0.25) is 21.8 Å². The molecule has 0 aromatic heterocycles. The maximum Gasteiger partial charge on any atom is 0.243 e. The highest BCUT2D eigenvalue weighted by molar-refractivity contribution is 7.92. The van der Waals surface area contributed by atoms with Gasteiger partial charge in [0.15, 0.2) is 0 Å². The zero-order valence-electron chi connectivity index (χ0n) is 25.5. The number of benzene rings is 3. The number of hydrogen-bond acceptors (Lipinski definition) is 4. The van der Waals surface area contributed by atoms with E-state index in [0.29, 0.717) is 18.5 Å². The van der Waals surface area contributed by atoms with Crippen LogP contribution in [-0.4, -0.2) is 50.0 Å². The quantitative estimate of drug-likeness (QED) is 0.247. The third-order valence-corrected chi connectivity index (χ3v) is 8.85. The molecule has 3 rings (SSSR count). The SMILES string of the molecule is CCc1ccc(N(CCCC(=O)N(Cc2ccccc2C)[C@@H](Cc2ccccc2)C(=O)N[C@@H](C)CC)S(C)(=O)=O)cc1.